The lowest BCUT2D eigenvalue weighted by molar-refractivity contribution is -0.131. The van der Waals surface area contributed by atoms with Crippen LogP contribution in [0.4, 0.5) is 0 Å². The molecule has 0 bridgehead atoms. The van der Waals surface area contributed by atoms with Crippen molar-refractivity contribution < 1.29 is 14.3 Å². The second-order valence-corrected chi connectivity index (χ2v) is 7.42. The van der Waals surface area contributed by atoms with E-state index in [4.69, 9.17) is 9.47 Å². The molecule has 0 N–H and O–H groups in total. The minimum atomic E-state index is -0.300. The number of ether oxygens (including phenoxy) is 2. The molecular weight excluding hydrogens is 348 g/mol. The van der Waals surface area contributed by atoms with Crippen LogP contribution in [0.5, 0.6) is 11.5 Å². The van der Waals surface area contributed by atoms with E-state index < -0.39 is 0 Å². The zero-order chi connectivity index (χ0) is 21.5. The summed E-state index contributed by atoms with van der Waals surface area (Å²) >= 11 is 0. The largest absolute Gasteiger partial charge is 0.497 e. The molecule has 0 spiro atoms. The Hall–Kier alpha value is -2.29. The van der Waals surface area contributed by atoms with E-state index in [0.29, 0.717) is 5.75 Å². The summed E-state index contributed by atoms with van der Waals surface area (Å²) in [6.07, 6.45) is 1.02. The zero-order valence-corrected chi connectivity index (χ0v) is 19.0. The molecule has 0 aromatic heterocycles. The van der Waals surface area contributed by atoms with Crippen molar-refractivity contribution in [3.63, 3.8) is 0 Å². The lowest BCUT2D eigenvalue weighted by atomic mass is 9.75. The van der Waals surface area contributed by atoms with Crippen molar-refractivity contribution in [2.24, 2.45) is 0 Å². The van der Waals surface area contributed by atoms with Crippen LogP contribution in [0.2, 0.25) is 0 Å². The summed E-state index contributed by atoms with van der Waals surface area (Å²) in [5.41, 5.74) is 3.91. The summed E-state index contributed by atoms with van der Waals surface area (Å²) < 4.78 is 10.6. The summed E-state index contributed by atoms with van der Waals surface area (Å²) in [7, 11) is 1.70. The molecule has 0 heterocycles. The predicted molar refractivity (Wildman–Crippen MR) is 118 cm³/mol. The lowest BCUT2D eigenvalue weighted by Gasteiger charge is -2.28. The van der Waals surface area contributed by atoms with Gasteiger partial charge in [-0.1, -0.05) is 66.7 Å². The average Bonchev–Trinajstić information content (AvgIpc) is 2.91. The van der Waals surface area contributed by atoms with Crippen LogP contribution in [0.1, 0.15) is 78.5 Å². The molecule has 1 atom stereocenters. The van der Waals surface area contributed by atoms with Crippen LogP contribution in [-0.4, -0.2) is 13.1 Å². The van der Waals surface area contributed by atoms with Gasteiger partial charge in [0.25, 0.3) is 0 Å². The van der Waals surface area contributed by atoms with Crippen molar-refractivity contribution in [3.05, 3.63) is 59.2 Å². The Labute approximate surface area is 171 Å². The molecule has 3 heteroatoms. The maximum Gasteiger partial charge on any atom is 0.308 e. The van der Waals surface area contributed by atoms with Gasteiger partial charge in [-0.05, 0) is 52.8 Å². The van der Waals surface area contributed by atoms with E-state index in [0.717, 1.165) is 12.2 Å². The number of carbonyl (C=O) groups excluding carboxylic acids is 1. The third kappa shape index (κ3) is 4.76. The molecule has 0 radical (unpaired) electrons. The molecule has 0 aliphatic heterocycles. The molecule has 0 fully saturated rings. The number of hydrogen-bond donors (Lipinski definition) is 0. The van der Waals surface area contributed by atoms with Crippen LogP contribution in [0.3, 0.4) is 0 Å². The molecule has 3 nitrogen and oxygen atoms in total. The van der Waals surface area contributed by atoms with E-state index in [1.165, 1.54) is 23.6 Å². The molecule has 2 aromatic rings. The number of benzene rings is 2. The molecule has 0 saturated heterocycles. The first-order valence-electron chi connectivity index (χ1n) is 10.2. The number of rotatable bonds is 3. The number of fused-ring (bicyclic) bond motifs is 1. The minimum Gasteiger partial charge on any atom is -0.497 e. The van der Waals surface area contributed by atoms with Crippen LogP contribution in [0, 0.1) is 0 Å². The number of carbonyl (C=O) groups is 1. The maximum atomic E-state index is 11.1. The van der Waals surface area contributed by atoms with Crippen LogP contribution < -0.4 is 9.47 Å². The van der Waals surface area contributed by atoms with Gasteiger partial charge in [0.1, 0.15) is 11.5 Å². The molecule has 154 valence electrons. The fourth-order valence-electron chi connectivity index (χ4n) is 4.09. The van der Waals surface area contributed by atoms with Gasteiger partial charge in [-0.2, -0.15) is 0 Å². The van der Waals surface area contributed by atoms with Gasteiger partial charge in [0, 0.05) is 12.3 Å². The molecule has 1 aliphatic carbocycles. The summed E-state index contributed by atoms with van der Waals surface area (Å²) in [5.74, 6) is 1.17. The Morgan fingerprint density at radius 1 is 0.857 bits per heavy atom. The highest BCUT2D eigenvalue weighted by molar-refractivity contribution is 5.69. The number of esters is 1. The van der Waals surface area contributed by atoms with E-state index in [1.807, 2.05) is 45.9 Å². The van der Waals surface area contributed by atoms with Gasteiger partial charge in [0.2, 0.25) is 0 Å². The molecule has 2 aromatic carbocycles. The summed E-state index contributed by atoms with van der Waals surface area (Å²) in [6, 6.07) is 14.2. The monoisotopic (exact) mass is 384 g/mol. The molecule has 1 unspecified atom stereocenters. The topological polar surface area (TPSA) is 35.5 Å². The smallest absolute Gasteiger partial charge is 0.308 e. The lowest BCUT2D eigenvalue weighted by Crippen LogP contribution is -2.23. The maximum absolute atomic E-state index is 11.1. The van der Waals surface area contributed by atoms with Crippen molar-refractivity contribution in [1.82, 2.24) is 0 Å². The molecule has 0 saturated carbocycles. The van der Waals surface area contributed by atoms with Crippen molar-refractivity contribution in [2.75, 3.05) is 7.11 Å². The van der Waals surface area contributed by atoms with Crippen molar-refractivity contribution >= 4 is 5.97 Å². The highest BCUT2D eigenvalue weighted by atomic mass is 16.5. The third-order valence-electron chi connectivity index (χ3n) is 5.10. The molecular formula is C25H36O3. The predicted octanol–water partition coefficient (Wildman–Crippen LogP) is 6.66. The Bertz CT molecular complexity index is 775. The van der Waals surface area contributed by atoms with Gasteiger partial charge in [-0.15, -0.1) is 0 Å². The fraction of sp³-hybridized carbons (Fsp3) is 0.480. The van der Waals surface area contributed by atoms with Gasteiger partial charge >= 0.3 is 5.97 Å². The summed E-state index contributed by atoms with van der Waals surface area (Å²) in [6.45, 7) is 16.3. The first-order valence-corrected chi connectivity index (χ1v) is 10.2. The van der Waals surface area contributed by atoms with Gasteiger partial charge < -0.3 is 9.47 Å². The fourth-order valence-corrected chi connectivity index (χ4v) is 4.09. The van der Waals surface area contributed by atoms with Gasteiger partial charge in [0.15, 0.2) is 0 Å². The van der Waals surface area contributed by atoms with Crippen LogP contribution in [-0.2, 0) is 15.6 Å². The van der Waals surface area contributed by atoms with Crippen LogP contribution >= 0.6 is 0 Å². The number of methoxy groups -OCH3 is 1. The first kappa shape index (κ1) is 23.7. The molecule has 28 heavy (non-hydrogen) atoms. The second-order valence-electron chi connectivity index (χ2n) is 7.42. The SMILES string of the molecule is CC.CC.COc1ccc2c(c1)C(C)(c1ccc(OC(C)=O)cc1)CC2(C)C. The Kier molecular flexibility index (Phi) is 8.29. The zero-order valence-electron chi connectivity index (χ0n) is 19.0. The van der Waals surface area contributed by atoms with Crippen LogP contribution in [0.25, 0.3) is 0 Å². The summed E-state index contributed by atoms with van der Waals surface area (Å²) in [4.78, 5) is 11.1. The quantitative estimate of drug-likeness (QED) is 0.438. The van der Waals surface area contributed by atoms with E-state index in [9.17, 15) is 4.79 Å². The van der Waals surface area contributed by atoms with E-state index in [1.54, 1.807) is 7.11 Å². The average molecular weight is 385 g/mol. The van der Waals surface area contributed by atoms with Crippen molar-refractivity contribution in [2.45, 2.75) is 72.6 Å². The third-order valence-corrected chi connectivity index (χ3v) is 5.10. The van der Waals surface area contributed by atoms with Crippen LogP contribution in [0.15, 0.2) is 42.5 Å². The van der Waals surface area contributed by atoms with E-state index in [-0.39, 0.29) is 16.8 Å². The Morgan fingerprint density at radius 2 is 1.39 bits per heavy atom. The molecule has 0 amide bonds. The molecule has 1 aliphatic rings. The normalized spacial score (nSPS) is 18.6. The minimum absolute atomic E-state index is 0.0951. The number of hydrogen-bond acceptors (Lipinski definition) is 3. The van der Waals surface area contributed by atoms with E-state index in [2.05, 4.69) is 45.0 Å². The van der Waals surface area contributed by atoms with Crippen molar-refractivity contribution in [3.8, 4) is 11.5 Å². The Balaban J connectivity index is 0.000000921. The highest BCUT2D eigenvalue weighted by Crippen LogP contribution is 2.53. The van der Waals surface area contributed by atoms with Gasteiger partial charge in [0.05, 0.1) is 7.11 Å². The second kappa shape index (κ2) is 9.77. The summed E-state index contributed by atoms with van der Waals surface area (Å²) in [5, 5.41) is 0. The first-order chi connectivity index (χ1) is 13.3. The van der Waals surface area contributed by atoms with E-state index >= 15 is 0 Å². The van der Waals surface area contributed by atoms with Gasteiger partial charge in [-0.3, -0.25) is 4.79 Å². The standard InChI is InChI=1S/C21H24O3.2C2H6/c1-14(22)24-16-8-6-15(7-9-16)21(4)13-20(2,3)18-11-10-17(23-5)12-19(18)21;2*1-2/h6-12H,13H2,1-5H3;2*1-2H3. The van der Waals surface area contributed by atoms with Gasteiger partial charge in [-0.25, -0.2) is 0 Å². The van der Waals surface area contributed by atoms with Crippen molar-refractivity contribution in [1.29, 1.82) is 0 Å². The molecule has 3 rings (SSSR count). The Morgan fingerprint density at radius 3 is 1.89 bits per heavy atom. The highest BCUT2D eigenvalue weighted by Gasteiger charge is 2.45.